The maximum Gasteiger partial charge on any atom is 0.320 e. The number of Topliss-reactive ketones (excluding diaryl/α,β-unsaturated/α-hetero) is 1. The van der Waals surface area contributed by atoms with Gasteiger partial charge in [0.1, 0.15) is 11.8 Å². The molecule has 0 unspecified atom stereocenters. The Kier molecular flexibility index (Phi) is 5.67. The number of hydrogen-bond donors (Lipinski definition) is 3. The molecule has 7 nitrogen and oxygen atoms in total. The molecule has 0 saturated carbocycles. The Morgan fingerprint density at radius 1 is 1.20 bits per heavy atom. The minimum Gasteiger partial charge on any atom is -0.508 e. The van der Waals surface area contributed by atoms with E-state index in [1.54, 1.807) is 0 Å². The van der Waals surface area contributed by atoms with E-state index < -0.39 is 30.4 Å². The number of nitrogens with two attached hydrogens (primary N) is 1. The van der Waals surface area contributed by atoms with Crippen molar-refractivity contribution in [3.05, 3.63) is 29.8 Å². The molecule has 0 aliphatic rings. The number of benzene rings is 1. The maximum atomic E-state index is 11.6. The first-order valence-corrected chi connectivity index (χ1v) is 5.86. The highest BCUT2D eigenvalue weighted by Crippen LogP contribution is 2.10. The largest absolute Gasteiger partial charge is 0.508 e. The van der Waals surface area contributed by atoms with Crippen LogP contribution in [0, 0.1) is 0 Å². The summed E-state index contributed by atoms with van der Waals surface area (Å²) in [6, 6.07) is 4.38. The zero-order valence-electron chi connectivity index (χ0n) is 10.6. The van der Waals surface area contributed by atoms with E-state index in [0.29, 0.717) is 5.56 Å². The third-order valence-electron chi connectivity index (χ3n) is 2.53. The quantitative estimate of drug-likeness (QED) is 0.484. The average Bonchev–Trinajstić information content (AvgIpc) is 2.42. The number of carbonyl (C=O) groups excluding carboxylic acids is 2. The fourth-order valence-corrected chi connectivity index (χ4v) is 1.35. The molecule has 0 heterocycles. The molecule has 1 aromatic rings. The number of carboxylic acid groups (broad SMARTS) is 1. The molecule has 0 amide bonds. The first-order chi connectivity index (χ1) is 9.40. The first kappa shape index (κ1) is 15.6. The van der Waals surface area contributed by atoms with Gasteiger partial charge in [0.2, 0.25) is 0 Å². The lowest BCUT2D eigenvalue weighted by Crippen LogP contribution is -2.30. The molecule has 0 aromatic heterocycles. The first-order valence-electron chi connectivity index (χ1n) is 5.86. The van der Waals surface area contributed by atoms with E-state index in [2.05, 4.69) is 0 Å². The van der Waals surface area contributed by atoms with Crippen molar-refractivity contribution in [3.63, 3.8) is 0 Å². The predicted octanol–water partition coefficient (Wildman–Crippen LogP) is 0.310. The van der Waals surface area contributed by atoms with Crippen LogP contribution in [0.5, 0.6) is 5.75 Å². The molecule has 0 aliphatic carbocycles. The summed E-state index contributed by atoms with van der Waals surface area (Å²) < 4.78 is 4.72. The number of rotatable bonds is 7. The summed E-state index contributed by atoms with van der Waals surface area (Å²) >= 11 is 0. The number of phenolic OH excluding ortho intramolecular Hbond substituents is 1. The Morgan fingerprint density at radius 3 is 2.35 bits per heavy atom. The van der Waals surface area contributed by atoms with Crippen LogP contribution in [0.2, 0.25) is 0 Å². The van der Waals surface area contributed by atoms with Gasteiger partial charge in [0.05, 0.1) is 0 Å². The molecule has 0 radical (unpaired) electrons. The van der Waals surface area contributed by atoms with E-state index >= 15 is 0 Å². The van der Waals surface area contributed by atoms with Crippen molar-refractivity contribution in [2.45, 2.75) is 18.9 Å². The Morgan fingerprint density at radius 2 is 1.80 bits per heavy atom. The van der Waals surface area contributed by atoms with Gasteiger partial charge in [-0.15, -0.1) is 0 Å². The van der Waals surface area contributed by atoms with Crippen LogP contribution in [-0.2, 0) is 14.3 Å². The number of hydrogen-bond acceptors (Lipinski definition) is 6. The minimum atomic E-state index is -1.20. The molecular weight excluding hydrogens is 266 g/mol. The van der Waals surface area contributed by atoms with Gasteiger partial charge >= 0.3 is 11.9 Å². The lowest BCUT2D eigenvalue weighted by Gasteiger charge is -2.06. The summed E-state index contributed by atoms with van der Waals surface area (Å²) in [6.45, 7) is -0.439. The van der Waals surface area contributed by atoms with Gasteiger partial charge in [-0.2, -0.15) is 0 Å². The molecule has 0 saturated heterocycles. The zero-order chi connectivity index (χ0) is 15.1. The summed E-state index contributed by atoms with van der Waals surface area (Å²) in [4.78, 5) is 33.4. The van der Waals surface area contributed by atoms with Crippen LogP contribution in [-0.4, -0.2) is 40.6 Å². The second-order valence-electron chi connectivity index (χ2n) is 4.11. The molecule has 108 valence electrons. The third kappa shape index (κ3) is 5.07. The van der Waals surface area contributed by atoms with Gasteiger partial charge in [0, 0.05) is 12.0 Å². The van der Waals surface area contributed by atoms with Crippen molar-refractivity contribution in [3.8, 4) is 5.75 Å². The maximum absolute atomic E-state index is 11.6. The van der Waals surface area contributed by atoms with Crippen LogP contribution in [0.4, 0.5) is 0 Å². The number of phenols is 1. The zero-order valence-corrected chi connectivity index (χ0v) is 10.6. The summed E-state index contributed by atoms with van der Waals surface area (Å²) in [5.74, 6) is -2.27. The third-order valence-corrected chi connectivity index (χ3v) is 2.53. The summed E-state index contributed by atoms with van der Waals surface area (Å²) in [7, 11) is 0. The average molecular weight is 281 g/mol. The summed E-state index contributed by atoms with van der Waals surface area (Å²) in [5, 5.41) is 17.6. The number of ketones is 1. The number of ether oxygens (including phenoxy) is 1. The van der Waals surface area contributed by atoms with Crippen LogP contribution in [0.25, 0.3) is 0 Å². The van der Waals surface area contributed by atoms with Crippen molar-refractivity contribution in [1.29, 1.82) is 0 Å². The molecule has 0 fully saturated rings. The lowest BCUT2D eigenvalue weighted by molar-refractivity contribution is -0.143. The van der Waals surface area contributed by atoms with E-state index in [0.717, 1.165) is 0 Å². The second kappa shape index (κ2) is 7.25. The Bertz CT molecular complexity index is 496. The number of carboxylic acids is 1. The molecule has 0 spiro atoms. The van der Waals surface area contributed by atoms with E-state index in [9.17, 15) is 14.4 Å². The van der Waals surface area contributed by atoms with Crippen molar-refractivity contribution < 1.29 is 29.3 Å². The SMILES string of the molecule is N[C@@H](CCC(=O)OCC(=O)c1ccc(O)cc1)C(=O)O. The monoisotopic (exact) mass is 281 g/mol. The standard InChI is InChI=1S/C13H15NO6/c14-10(13(18)19)5-6-12(17)20-7-11(16)8-1-3-9(15)4-2-8/h1-4,10,15H,5-7,14H2,(H,18,19)/t10-/m0/s1. The Balaban J connectivity index is 2.35. The predicted molar refractivity (Wildman–Crippen MR) is 68.2 cm³/mol. The molecule has 7 heteroatoms. The molecule has 1 atom stereocenters. The van der Waals surface area contributed by atoms with E-state index in [4.69, 9.17) is 20.7 Å². The van der Waals surface area contributed by atoms with E-state index in [1.807, 2.05) is 0 Å². The highest BCUT2D eigenvalue weighted by Gasteiger charge is 2.15. The topological polar surface area (TPSA) is 127 Å². The van der Waals surface area contributed by atoms with E-state index in [1.165, 1.54) is 24.3 Å². The number of carbonyl (C=O) groups is 3. The number of esters is 1. The van der Waals surface area contributed by atoms with Crippen LogP contribution in [0.3, 0.4) is 0 Å². The normalized spacial score (nSPS) is 11.7. The van der Waals surface area contributed by atoms with Gasteiger partial charge in [-0.05, 0) is 30.7 Å². The lowest BCUT2D eigenvalue weighted by atomic mass is 10.1. The fraction of sp³-hybridized carbons (Fsp3) is 0.308. The molecule has 0 aliphatic heterocycles. The van der Waals surface area contributed by atoms with Crippen LogP contribution >= 0.6 is 0 Å². The van der Waals surface area contributed by atoms with Gasteiger partial charge in [0.25, 0.3) is 0 Å². The molecule has 1 aromatic carbocycles. The molecule has 1 rings (SSSR count). The fourth-order valence-electron chi connectivity index (χ4n) is 1.35. The van der Waals surface area contributed by atoms with Crippen molar-refractivity contribution in [1.82, 2.24) is 0 Å². The Hall–Kier alpha value is -2.41. The number of aliphatic carboxylic acids is 1. The van der Waals surface area contributed by atoms with Crippen LogP contribution < -0.4 is 5.73 Å². The minimum absolute atomic E-state index is 0.0289. The molecule has 20 heavy (non-hydrogen) atoms. The van der Waals surface area contributed by atoms with Crippen LogP contribution in [0.1, 0.15) is 23.2 Å². The van der Waals surface area contributed by atoms with Gasteiger partial charge in [-0.1, -0.05) is 0 Å². The van der Waals surface area contributed by atoms with Crippen molar-refractivity contribution >= 4 is 17.7 Å². The van der Waals surface area contributed by atoms with Crippen molar-refractivity contribution in [2.24, 2.45) is 5.73 Å². The molecular formula is C13H15NO6. The molecule has 4 N–H and O–H groups in total. The highest BCUT2D eigenvalue weighted by atomic mass is 16.5. The van der Waals surface area contributed by atoms with Crippen LogP contribution in [0.15, 0.2) is 24.3 Å². The van der Waals surface area contributed by atoms with Gasteiger partial charge in [-0.3, -0.25) is 14.4 Å². The van der Waals surface area contributed by atoms with Gasteiger partial charge < -0.3 is 20.7 Å². The number of aromatic hydroxyl groups is 1. The second-order valence-corrected chi connectivity index (χ2v) is 4.11. The smallest absolute Gasteiger partial charge is 0.320 e. The van der Waals surface area contributed by atoms with E-state index in [-0.39, 0.29) is 18.6 Å². The molecule has 0 bridgehead atoms. The highest BCUT2D eigenvalue weighted by molar-refractivity contribution is 5.98. The summed E-state index contributed by atoms with van der Waals surface area (Å²) in [5.41, 5.74) is 5.53. The Labute approximate surface area is 115 Å². The van der Waals surface area contributed by atoms with Gasteiger partial charge in [-0.25, -0.2) is 0 Å². The van der Waals surface area contributed by atoms with Crippen molar-refractivity contribution in [2.75, 3.05) is 6.61 Å². The van der Waals surface area contributed by atoms with Gasteiger partial charge in [0.15, 0.2) is 12.4 Å². The summed E-state index contributed by atoms with van der Waals surface area (Å²) in [6.07, 6.45) is -0.224.